The molecule has 2 heterocycles. The number of methoxy groups -OCH3 is 1. The van der Waals surface area contributed by atoms with Gasteiger partial charge in [-0.3, -0.25) is 14.2 Å². The van der Waals surface area contributed by atoms with E-state index in [1.54, 1.807) is 11.7 Å². The van der Waals surface area contributed by atoms with Crippen LogP contribution in [0.1, 0.15) is 25.8 Å². The summed E-state index contributed by atoms with van der Waals surface area (Å²) < 4.78 is 7.46. The van der Waals surface area contributed by atoms with Gasteiger partial charge in [-0.15, -0.1) is 11.3 Å². The van der Waals surface area contributed by atoms with Crippen molar-refractivity contribution in [1.82, 2.24) is 14.9 Å². The molecule has 0 bridgehead atoms. The molecule has 28 heavy (non-hydrogen) atoms. The van der Waals surface area contributed by atoms with Gasteiger partial charge >= 0.3 is 0 Å². The molecule has 3 aromatic rings. The number of carbonyl (C=O) groups excluding carboxylic acids is 1. The Kier molecular flexibility index (Phi) is 6.74. The molecule has 0 saturated carbocycles. The lowest BCUT2D eigenvalue weighted by Crippen LogP contribution is -2.33. The number of thiophene rings is 1. The van der Waals surface area contributed by atoms with Gasteiger partial charge in [-0.05, 0) is 42.5 Å². The van der Waals surface area contributed by atoms with Gasteiger partial charge in [0, 0.05) is 6.04 Å². The molecule has 1 aromatic carbocycles. The summed E-state index contributed by atoms with van der Waals surface area (Å²) >= 11 is 2.67. The zero-order valence-electron chi connectivity index (χ0n) is 16.1. The zero-order chi connectivity index (χ0) is 20.1. The minimum atomic E-state index is -0.0827. The van der Waals surface area contributed by atoms with Crippen molar-refractivity contribution in [2.45, 2.75) is 38.0 Å². The summed E-state index contributed by atoms with van der Waals surface area (Å²) in [7, 11) is 1.62. The predicted molar refractivity (Wildman–Crippen MR) is 115 cm³/mol. The monoisotopic (exact) mass is 417 g/mol. The highest BCUT2D eigenvalue weighted by Gasteiger charge is 2.15. The Morgan fingerprint density at radius 1 is 1.32 bits per heavy atom. The van der Waals surface area contributed by atoms with Crippen molar-refractivity contribution < 1.29 is 9.53 Å². The normalized spacial score (nSPS) is 12.1. The molecule has 3 rings (SSSR count). The number of nitrogens with zero attached hydrogens (tertiary/aromatic N) is 2. The van der Waals surface area contributed by atoms with E-state index in [1.165, 1.54) is 23.1 Å². The highest BCUT2D eigenvalue weighted by atomic mass is 32.2. The predicted octanol–water partition coefficient (Wildman–Crippen LogP) is 3.52. The number of nitrogens with one attached hydrogen (secondary N) is 1. The summed E-state index contributed by atoms with van der Waals surface area (Å²) in [6.07, 6.45) is 0.873. The van der Waals surface area contributed by atoms with E-state index in [0.29, 0.717) is 21.9 Å². The third-order valence-electron chi connectivity index (χ3n) is 4.38. The molecule has 0 radical (unpaired) electrons. The maximum atomic E-state index is 13.0. The maximum Gasteiger partial charge on any atom is 0.272 e. The van der Waals surface area contributed by atoms with Gasteiger partial charge in [-0.25, -0.2) is 4.98 Å². The van der Waals surface area contributed by atoms with Crippen molar-refractivity contribution in [1.29, 1.82) is 0 Å². The Morgan fingerprint density at radius 3 is 2.75 bits per heavy atom. The first kappa shape index (κ1) is 20.4. The van der Waals surface area contributed by atoms with Crippen molar-refractivity contribution in [2.24, 2.45) is 0 Å². The largest absolute Gasteiger partial charge is 0.497 e. The molecular formula is C20H23N3O3S2. The molecule has 0 aliphatic rings. The lowest BCUT2D eigenvalue weighted by Gasteiger charge is -2.14. The van der Waals surface area contributed by atoms with Crippen molar-refractivity contribution >= 4 is 39.2 Å². The van der Waals surface area contributed by atoms with E-state index in [0.717, 1.165) is 17.7 Å². The molecule has 148 valence electrons. The SMILES string of the molecule is CC[C@@H](C)NC(=O)CSc1nc2ccsc2c(=O)n1Cc1ccc(OC)cc1. The third-order valence-corrected chi connectivity index (χ3v) is 6.25. The number of ether oxygens (including phenoxy) is 1. The summed E-state index contributed by atoms with van der Waals surface area (Å²) in [4.78, 5) is 29.8. The number of thioether (sulfide) groups is 1. The minimum absolute atomic E-state index is 0.0602. The van der Waals surface area contributed by atoms with E-state index in [-0.39, 0.29) is 23.3 Å². The van der Waals surface area contributed by atoms with Gasteiger partial charge < -0.3 is 10.1 Å². The highest BCUT2D eigenvalue weighted by Crippen LogP contribution is 2.22. The topological polar surface area (TPSA) is 73.2 Å². The zero-order valence-corrected chi connectivity index (χ0v) is 17.7. The first-order valence-electron chi connectivity index (χ1n) is 9.05. The molecular weight excluding hydrogens is 394 g/mol. The van der Waals surface area contributed by atoms with Gasteiger partial charge in [0.25, 0.3) is 5.56 Å². The van der Waals surface area contributed by atoms with Crippen LogP contribution in [0.3, 0.4) is 0 Å². The van der Waals surface area contributed by atoms with Gasteiger partial charge in [-0.2, -0.15) is 0 Å². The van der Waals surface area contributed by atoms with E-state index >= 15 is 0 Å². The van der Waals surface area contributed by atoms with Crippen LogP contribution in [0.15, 0.2) is 45.7 Å². The van der Waals surface area contributed by atoms with E-state index < -0.39 is 0 Å². The molecule has 0 saturated heterocycles. The number of fused-ring (bicyclic) bond motifs is 1. The minimum Gasteiger partial charge on any atom is -0.497 e. The molecule has 0 fully saturated rings. The molecule has 8 heteroatoms. The number of carbonyl (C=O) groups is 1. The standard InChI is InChI=1S/C20H23N3O3S2/c1-4-13(2)21-17(24)12-28-20-22-16-9-10-27-18(16)19(25)23(20)11-14-5-7-15(26-3)8-6-14/h5-10,13H,4,11-12H2,1-3H3,(H,21,24)/t13-/m1/s1. The number of hydrogen-bond donors (Lipinski definition) is 1. The molecule has 2 aromatic heterocycles. The Balaban J connectivity index is 1.88. The molecule has 0 unspecified atom stereocenters. The number of amides is 1. The van der Waals surface area contributed by atoms with Crippen LogP contribution in [0.5, 0.6) is 5.75 Å². The van der Waals surface area contributed by atoms with E-state index in [1.807, 2.05) is 49.6 Å². The second kappa shape index (κ2) is 9.25. The quantitative estimate of drug-likeness (QED) is 0.448. The average Bonchev–Trinajstić information content (AvgIpc) is 3.18. The molecule has 1 N–H and O–H groups in total. The fourth-order valence-corrected chi connectivity index (χ4v) is 4.22. The molecule has 0 aliphatic carbocycles. The van der Waals surface area contributed by atoms with Crippen molar-refractivity contribution in [2.75, 3.05) is 12.9 Å². The first-order chi connectivity index (χ1) is 13.5. The first-order valence-corrected chi connectivity index (χ1v) is 10.9. The lowest BCUT2D eigenvalue weighted by molar-refractivity contribution is -0.119. The van der Waals surface area contributed by atoms with E-state index in [2.05, 4.69) is 10.3 Å². The Morgan fingerprint density at radius 2 is 2.07 bits per heavy atom. The smallest absolute Gasteiger partial charge is 0.272 e. The summed E-state index contributed by atoms with van der Waals surface area (Å²) in [6.45, 7) is 4.38. The molecule has 0 aliphatic heterocycles. The molecule has 1 atom stereocenters. The lowest BCUT2D eigenvalue weighted by atomic mass is 10.2. The van der Waals surface area contributed by atoms with Crippen molar-refractivity contribution in [3.63, 3.8) is 0 Å². The van der Waals surface area contributed by atoms with Crippen LogP contribution in [-0.4, -0.2) is 34.4 Å². The Hall–Kier alpha value is -2.32. The summed E-state index contributed by atoms with van der Waals surface area (Å²) in [5, 5.41) is 5.35. The average molecular weight is 418 g/mol. The van der Waals surface area contributed by atoms with Crippen molar-refractivity contribution in [3.8, 4) is 5.75 Å². The summed E-state index contributed by atoms with van der Waals surface area (Å²) in [5.74, 6) is 0.920. The fraction of sp³-hybridized carbons (Fsp3) is 0.350. The van der Waals surface area contributed by atoms with Crippen LogP contribution in [0.4, 0.5) is 0 Å². The van der Waals surface area contributed by atoms with E-state index in [9.17, 15) is 9.59 Å². The summed E-state index contributed by atoms with van der Waals surface area (Å²) in [6, 6.07) is 9.54. The molecule has 1 amide bonds. The van der Waals surface area contributed by atoms with Gasteiger partial charge in [0.1, 0.15) is 10.4 Å². The van der Waals surface area contributed by atoms with Crippen molar-refractivity contribution in [3.05, 3.63) is 51.6 Å². The van der Waals surface area contributed by atoms with Crippen LogP contribution in [-0.2, 0) is 11.3 Å². The Labute approximate surface area is 171 Å². The summed E-state index contributed by atoms with van der Waals surface area (Å²) in [5.41, 5.74) is 1.55. The van der Waals surface area contributed by atoms with Gasteiger partial charge in [0.2, 0.25) is 5.91 Å². The maximum absolute atomic E-state index is 13.0. The number of benzene rings is 1. The number of aromatic nitrogens is 2. The van der Waals surface area contributed by atoms with E-state index in [4.69, 9.17) is 4.74 Å². The number of rotatable bonds is 8. The fourth-order valence-electron chi connectivity index (χ4n) is 2.64. The second-order valence-corrected chi connectivity index (χ2v) is 8.29. The van der Waals surface area contributed by atoms with Crippen LogP contribution in [0.25, 0.3) is 10.2 Å². The van der Waals surface area contributed by atoms with Gasteiger partial charge in [0.05, 0.1) is 24.9 Å². The van der Waals surface area contributed by atoms with Gasteiger partial charge in [-0.1, -0.05) is 30.8 Å². The molecule has 0 spiro atoms. The number of hydrogen-bond acceptors (Lipinski definition) is 6. The second-order valence-electron chi connectivity index (χ2n) is 6.43. The third kappa shape index (κ3) is 4.74. The van der Waals surface area contributed by atoms with Crippen LogP contribution < -0.4 is 15.6 Å². The van der Waals surface area contributed by atoms with Crippen LogP contribution in [0, 0.1) is 0 Å². The molecule has 6 nitrogen and oxygen atoms in total. The highest BCUT2D eigenvalue weighted by molar-refractivity contribution is 7.99. The van der Waals surface area contributed by atoms with Crippen LogP contribution >= 0.6 is 23.1 Å². The van der Waals surface area contributed by atoms with Crippen LogP contribution in [0.2, 0.25) is 0 Å². The Bertz CT molecular complexity index is 1010. The van der Waals surface area contributed by atoms with Gasteiger partial charge in [0.15, 0.2) is 5.16 Å².